The van der Waals surface area contributed by atoms with Gasteiger partial charge in [-0.2, -0.15) is 12.6 Å². The van der Waals surface area contributed by atoms with E-state index in [1.54, 1.807) is 12.4 Å². The number of H-pyrrole nitrogens is 1. The van der Waals surface area contributed by atoms with Gasteiger partial charge in [0.25, 0.3) is 0 Å². The molecule has 3 N–H and O–H groups in total. The van der Waals surface area contributed by atoms with Gasteiger partial charge in [0.15, 0.2) is 0 Å². The summed E-state index contributed by atoms with van der Waals surface area (Å²) in [5, 5.41) is 11.0. The van der Waals surface area contributed by atoms with Gasteiger partial charge in [0, 0.05) is 25.5 Å². The van der Waals surface area contributed by atoms with Crippen LogP contribution in [0.4, 0.5) is 4.79 Å². The smallest absolute Gasteiger partial charge is 0.407 e. The second-order valence-corrected chi connectivity index (χ2v) is 4.78. The topological polar surface area (TPSA) is 87.2 Å². The first-order chi connectivity index (χ1) is 9.24. The van der Waals surface area contributed by atoms with Crippen molar-refractivity contribution >= 4 is 18.7 Å². The summed E-state index contributed by atoms with van der Waals surface area (Å²) < 4.78 is 5.03. The van der Waals surface area contributed by atoms with Crippen LogP contribution < -0.4 is 5.32 Å². The molecule has 0 aliphatic carbocycles. The van der Waals surface area contributed by atoms with Crippen molar-refractivity contribution in [2.75, 3.05) is 19.8 Å². The fourth-order valence-corrected chi connectivity index (χ4v) is 1.74. The number of amides is 1. The van der Waals surface area contributed by atoms with Crippen LogP contribution >= 0.6 is 12.6 Å². The largest absolute Gasteiger partial charge is 0.448 e. The zero-order valence-corrected chi connectivity index (χ0v) is 11.7. The molecule has 1 aromatic rings. The highest BCUT2D eigenvalue weighted by molar-refractivity contribution is 7.80. The number of aliphatic hydroxyl groups is 1. The summed E-state index contributed by atoms with van der Waals surface area (Å²) in [7, 11) is 0. The standard InChI is InChI=1S/C12H21N3O3S/c16-8-4-2-1-3-5-15-12(17)18-9-10(19)11-13-6-7-14-11/h6-7,10,16,19H,1-5,8-9H2,(H,13,14)(H,15,17). The van der Waals surface area contributed by atoms with Crippen molar-refractivity contribution in [3.05, 3.63) is 18.2 Å². The molecule has 6 nitrogen and oxygen atoms in total. The van der Waals surface area contributed by atoms with Gasteiger partial charge in [0.2, 0.25) is 0 Å². The number of ether oxygens (including phenoxy) is 1. The van der Waals surface area contributed by atoms with Crippen LogP contribution in [0.3, 0.4) is 0 Å². The summed E-state index contributed by atoms with van der Waals surface area (Å²) in [5.41, 5.74) is 0. The Morgan fingerprint density at radius 1 is 1.47 bits per heavy atom. The number of hydrogen-bond acceptors (Lipinski definition) is 5. The van der Waals surface area contributed by atoms with E-state index in [-0.39, 0.29) is 18.5 Å². The fourth-order valence-electron chi connectivity index (χ4n) is 1.53. The number of nitrogens with zero attached hydrogens (tertiary/aromatic N) is 1. The van der Waals surface area contributed by atoms with Crippen molar-refractivity contribution in [1.82, 2.24) is 15.3 Å². The van der Waals surface area contributed by atoms with E-state index in [2.05, 4.69) is 27.9 Å². The lowest BCUT2D eigenvalue weighted by molar-refractivity contribution is 0.146. The normalized spacial score (nSPS) is 12.1. The molecule has 1 rings (SSSR count). The van der Waals surface area contributed by atoms with Crippen molar-refractivity contribution in [2.45, 2.75) is 30.9 Å². The third-order valence-corrected chi connectivity index (χ3v) is 2.96. The third kappa shape index (κ3) is 7.07. The molecular formula is C12H21N3O3S. The lowest BCUT2D eigenvalue weighted by Gasteiger charge is -2.10. The lowest BCUT2D eigenvalue weighted by atomic mass is 10.2. The molecule has 0 saturated carbocycles. The number of unbranched alkanes of at least 4 members (excludes halogenated alkanes) is 3. The van der Waals surface area contributed by atoms with E-state index in [0.29, 0.717) is 12.4 Å². The number of nitrogens with one attached hydrogen (secondary N) is 2. The highest BCUT2D eigenvalue weighted by Crippen LogP contribution is 2.15. The van der Waals surface area contributed by atoms with Gasteiger partial charge in [-0.3, -0.25) is 0 Å². The Hall–Kier alpha value is -1.21. The van der Waals surface area contributed by atoms with E-state index in [1.165, 1.54) is 0 Å². The summed E-state index contributed by atoms with van der Waals surface area (Å²) in [4.78, 5) is 18.3. The van der Waals surface area contributed by atoms with E-state index in [0.717, 1.165) is 25.7 Å². The van der Waals surface area contributed by atoms with Crippen molar-refractivity contribution in [3.63, 3.8) is 0 Å². The average molecular weight is 287 g/mol. The Morgan fingerprint density at radius 2 is 2.26 bits per heavy atom. The second kappa shape index (κ2) is 9.69. The van der Waals surface area contributed by atoms with Crippen LogP contribution in [0, 0.1) is 0 Å². The molecule has 108 valence electrons. The van der Waals surface area contributed by atoms with Crippen LogP contribution in [0.2, 0.25) is 0 Å². The molecule has 0 aliphatic rings. The molecule has 0 aliphatic heterocycles. The first-order valence-corrected chi connectivity index (χ1v) is 6.94. The summed E-state index contributed by atoms with van der Waals surface area (Å²) in [6.07, 6.45) is 6.56. The van der Waals surface area contributed by atoms with Crippen molar-refractivity contribution in [3.8, 4) is 0 Å². The van der Waals surface area contributed by atoms with Crippen LogP contribution in [0.1, 0.15) is 36.8 Å². The van der Waals surface area contributed by atoms with Gasteiger partial charge in [-0.1, -0.05) is 12.8 Å². The van der Waals surface area contributed by atoms with Crippen molar-refractivity contribution in [2.24, 2.45) is 0 Å². The van der Waals surface area contributed by atoms with Crippen LogP contribution in [-0.2, 0) is 4.74 Å². The summed E-state index contributed by atoms with van der Waals surface area (Å²) in [5.74, 6) is 0.681. The van der Waals surface area contributed by atoms with Crippen LogP contribution in [0.15, 0.2) is 12.4 Å². The number of rotatable bonds is 9. The molecule has 1 atom stereocenters. The number of alkyl carbamates (subject to hydrolysis) is 1. The zero-order chi connectivity index (χ0) is 13.9. The summed E-state index contributed by atoms with van der Waals surface area (Å²) >= 11 is 4.29. The quantitative estimate of drug-likeness (QED) is 0.411. The molecule has 1 heterocycles. The Bertz CT molecular complexity index is 346. The van der Waals surface area contributed by atoms with Gasteiger partial charge >= 0.3 is 6.09 Å². The maximum Gasteiger partial charge on any atom is 0.407 e. The first kappa shape index (κ1) is 15.8. The zero-order valence-electron chi connectivity index (χ0n) is 10.8. The maximum absolute atomic E-state index is 11.4. The van der Waals surface area contributed by atoms with Crippen LogP contribution in [-0.4, -0.2) is 40.9 Å². The number of aliphatic hydroxyl groups excluding tert-OH is 1. The molecule has 0 bridgehead atoms. The van der Waals surface area contributed by atoms with Crippen LogP contribution in [0.25, 0.3) is 0 Å². The van der Waals surface area contributed by atoms with E-state index >= 15 is 0 Å². The Balaban J connectivity index is 2.02. The molecule has 0 fully saturated rings. The number of imidazole rings is 1. The van der Waals surface area contributed by atoms with E-state index in [4.69, 9.17) is 9.84 Å². The predicted molar refractivity (Wildman–Crippen MR) is 75.2 cm³/mol. The molecule has 0 radical (unpaired) electrons. The molecule has 0 aromatic carbocycles. The van der Waals surface area contributed by atoms with Crippen LogP contribution in [0.5, 0.6) is 0 Å². The highest BCUT2D eigenvalue weighted by atomic mass is 32.1. The summed E-state index contributed by atoms with van der Waals surface area (Å²) in [6.45, 7) is 0.987. The summed E-state index contributed by atoms with van der Waals surface area (Å²) in [6, 6.07) is 0. The number of carbonyl (C=O) groups is 1. The van der Waals surface area contributed by atoms with Gasteiger partial charge in [-0.05, 0) is 12.8 Å². The Morgan fingerprint density at radius 3 is 2.95 bits per heavy atom. The van der Waals surface area contributed by atoms with Gasteiger partial charge < -0.3 is 20.1 Å². The minimum atomic E-state index is -0.437. The maximum atomic E-state index is 11.4. The average Bonchev–Trinajstić information content (AvgIpc) is 2.94. The molecule has 1 aromatic heterocycles. The van der Waals surface area contributed by atoms with E-state index < -0.39 is 6.09 Å². The Labute approximate surface area is 118 Å². The monoisotopic (exact) mass is 287 g/mol. The SMILES string of the molecule is O=C(NCCCCCCO)OCC(S)c1ncc[nH]1. The van der Waals surface area contributed by atoms with E-state index in [1.807, 2.05) is 0 Å². The molecule has 1 unspecified atom stereocenters. The minimum absolute atomic E-state index is 0.174. The third-order valence-electron chi connectivity index (χ3n) is 2.56. The van der Waals surface area contributed by atoms with E-state index in [9.17, 15) is 4.79 Å². The number of hydrogen-bond donors (Lipinski definition) is 4. The first-order valence-electron chi connectivity index (χ1n) is 6.43. The molecule has 1 amide bonds. The number of thiol groups is 1. The Kier molecular flexibility index (Phi) is 8.08. The van der Waals surface area contributed by atoms with Gasteiger partial charge in [-0.25, -0.2) is 9.78 Å². The highest BCUT2D eigenvalue weighted by Gasteiger charge is 2.11. The molecule has 19 heavy (non-hydrogen) atoms. The minimum Gasteiger partial charge on any atom is -0.448 e. The van der Waals surface area contributed by atoms with Gasteiger partial charge in [-0.15, -0.1) is 0 Å². The molecule has 0 spiro atoms. The predicted octanol–water partition coefficient (Wildman–Crippen LogP) is 1.66. The molecule has 7 heteroatoms. The number of aromatic nitrogens is 2. The molecule has 0 saturated heterocycles. The lowest BCUT2D eigenvalue weighted by Crippen LogP contribution is -2.26. The number of aromatic amines is 1. The molecular weight excluding hydrogens is 266 g/mol. The van der Waals surface area contributed by atoms with Gasteiger partial charge in [0.1, 0.15) is 12.4 Å². The second-order valence-electron chi connectivity index (χ2n) is 4.15. The van der Waals surface area contributed by atoms with Gasteiger partial charge in [0.05, 0.1) is 5.25 Å². The fraction of sp³-hybridized carbons (Fsp3) is 0.667. The van der Waals surface area contributed by atoms with Crippen molar-refractivity contribution < 1.29 is 14.6 Å². The van der Waals surface area contributed by atoms with Crippen molar-refractivity contribution in [1.29, 1.82) is 0 Å². The number of carbonyl (C=O) groups excluding carboxylic acids is 1.